The summed E-state index contributed by atoms with van der Waals surface area (Å²) in [6.45, 7) is 10.2. The van der Waals surface area contributed by atoms with E-state index in [1.165, 1.54) is 0 Å². The lowest BCUT2D eigenvalue weighted by Crippen LogP contribution is -2.51. The summed E-state index contributed by atoms with van der Waals surface area (Å²) in [4.78, 5) is 12.1. The van der Waals surface area contributed by atoms with Crippen molar-refractivity contribution in [2.75, 3.05) is 13.1 Å². The van der Waals surface area contributed by atoms with Gasteiger partial charge in [-0.2, -0.15) is 0 Å². The molecule has 0 saturated carbocycles. The molecule has 0 aromatic heterocycles. The van der Waals surface area contributed by atoms with Gasteiger partial charge in [-0.1, -0.05) is 13.8 Å². The third-order valence-electron chi connectivity index (χ3n) is 3.89. The number of carbonyl (C=O) groups is 1. The normalized spacial score (nSPS) is 26.7. The number of rotatable bonds is 4. The van der Waals surface area contributed by atoms with Crippen LogP contribution in [0.2, 0.25) is 0 Å². The molecule has 0 bridgehead atoms. The summed E-state index contributed by atoms with van der Waals surface area (Å²) >= 11 is 0. The fourth-order valence-corrected chi connectivity index (χ4v) is 1.86. The van der Waals surface area contributed by atoms with Crippen molar-refractivity contribution in [3.63, 3.8) is 0 Å². The molecule has 88 valence electrons. The summed E-state index contributed by atoms with van der Waals surface area (Å²) in [7, 11) is 0. The van der Waals surface area contributed by atoms with Gasteiger partial charge >= 0.3 is 0 Å². The number of carbonyl (C=O) groups excluding carboxylic acids is 1. The van der Waals surface area contributed by atoms with E-state index in [9.17, 15) is 4.79 Å². The van der Waals surface area contributed by atoms with Crippen molar-refractivity contribution in [2.24, 2.45) is 5.41 Å². The number of hydrogen-bond acceptors (Lipinski definition) is 2. The fourth-order valence-electron chi connectivity index (χ4n) is 1.86. The average molecular weight is 212 g/mol. The first-order valence-corrected chi connectivity index (χ1v) is 5.99. The SMILES string of the molecule is CCC(C)(CC)NC(=O)C1(C)CCNC1. The molecule has 1 aliphatic rings. The van der Waals surface area contributed by atoms with Gasteiger partial charge in [-0.15, -0.1) is 0 Å². The van der Waals surface area contributed by atoms with Gasteiger partial charge in [0.1, 0.15) is 0 Å². The van der Waals surface area contributed by atoms with E-state index in [4.69, 9.17) is 0 Å². The van der Waals surface area contributed by atoms with Crippen LogP contribution in [0.3, 0.4) is 0 Å². The summed E-state index contributed by atoms with van der Waals surface area (Å²) in [5, 5.41) is 6.45. The first-order chi connectivity index (χ1) is 6.96. The lowest BCUT2D eigenvalue weighted by molar-refractivity contribution is -0.131. The maximum absolute atomic E-state index is 12.1. The molecule has 0 radical (unpaired) electrons. The van der Waals surface area contributed by atoms with Gasteiger partial charge in [-0.05, 0) is 39.7 Å². The second-order valence-electron chi connectivity index (χ2n) is 5.21. The lowest BCUT2D eigenvalue weighted by Gasteiger charge is -2.33. The first kappa shape index (κ1) is 12.5. The van der Waals surface area contributed by atoms with Crippen LogP contribution in [-0.2, 0) is 4.79 Å². The van der Waals surface area contributed by atoms with Gasteiger partial charge in [0.2, 0.25) is 5.91 Å². The van der Waals surface area contributed by atoms with Gasteiger partial charge in [-0.25, -0.2) is 0 Å². The molecule has 3 heteroatoms. The van der Waals surface area contributed by atoms with E-state index in [1.807, 2.05) is 6.92 Å². The van der Waals surface area contributed by atoms with Gasteiger partial charge in [0.05, 0.1) is 5.41 Å². The van der Waals surface area contributed by atoms with E-state index in [-0.39, 0.29) is 16.9 Å². The van der Waals surface area contributed by atoms with Crippen LogP contribution in [-0.4, -0.2) is 24.5 Å². The molecule has 0 spiro atoms. The molecule has 1 aliphatic heterocycles. The third kappa shape index (κ3) is 2.71. The molecule has 1 heterocycles. The summed E-state index contributed by atoms with van der Waals surface area (Å²) in [6, 6.07) is 0. The van der Waals surface area contributed by atoms with E-state index < -0.39 is 0 Å². The van der Waals surface area contributed by atoms with Gasteiger partial charge < -0.3 is 10.6 Å². The molecule has 1 atom stereocenters. The Morgan fingerprint density at radius 1 is 1.47 bits per heavy atom. The van der Waals surface area contributed by atoms with Crippen molar-refractivity contribution in [1.29, 1.82) is 0 Å². The van der Waals surface area contributed by atoms with Crippen LogP contribution in [0.4, 0.5) is 0 Å². The van der Waals surface area contributed by atoms with Crippen molar-refractivity contribution in [1.82, 2.24) is 10.6 Å². The number of nitrogens with one attached hydrogen (secondary N) is 2. The van der Waals surface area contributed by atoms with Crippen LogP contribution >= 0.6 is 0 Å². The molecule has 1 saturated heterocycles. The molecule has 2 N–H and O–H groups in total. The highest BCUT2D eigenvalue weighted by molar-refractivity contribution is 5.83. The molecule has 0 aliphatic carbocycles. The largest absolute Gasteiger partial charge is 0.350 e. The second kappa shape index (κ2) is 4.52. The Morgan fingerprint density at radius 3 is 2.47 bits per heavy atom. The molecule has 0 aromatic rings. The quantitative estimate of drug-likeness (QED) is 0.744. The van der Waals surface area contributed by atoms with Crippen molar-refractivity contribution in [2.45, 2.75) is 52.5 Å². The summed E-state index contributed by atoms with van der Waals surface area (Å²) in [5.74, 6) is 0.207. The minimum absolute atomic E-state index is 0.0390. The minimum Gasteiger partial charge on any atom is -0.350 e. The zero-order chi connectivity index (χ0) is 11.5. The van der Waals surface area contributed by atoms with E-state index in [2.05, 4.69) is 31.4 Å². The van der Waals surface area contributed by atoms with Gasteiger partial charge in [-0.3, -0.25) is 4.79 Å². The Morgan fingerprint density at radius 2 is 2.07 bits per heavy atom. The average Bonchev–Trinajstić information content (AvgIpc) is 2.66. The topological polar surface area (TPSA) is 41.1 Å². The Balaban J connectivity index is 2.61. The molecule has 1 fully saturated rings. The van der Waals surface area contributed by atoms with Crippen molar-refractivity contribution >= 4 is 5.91 Å². The zero-order valence-electron chi connectivity index (χ0n) is 10.4. The molecule has 1 amide bonds. The number of hydrogen-bond donors (Lipinski definition) is 2. The van der Waals surface area contributed by atoms with Crippen LogP contribution in [0.25, 0.3) is 0 Å². The van der Waals surface area contributed by atoms with Crippen LogP contribution in [0.15, 0.2) is 0 Å². The highest BCUT2D eigenvalue weighted by atomic mass is 16.2. The first-order valence-electron chi connectivity index (χ1n) is 5.99. The Bertz CT molecular complexity index is 228. The second-order valence-corrected chi connectivity index (χ2v) is 5.21. The smallest absolute Gasteiger partial charge is 0.227 e. The maximum Gasteiger partial charge on any atom is 0.227 e. The van der Waals surface area contributed by atoms with E-state index in [0.717, 1.165) is 32.4 Å². The van der Waals surface area contributed by atoms with Gasteiger partial charge in [0, 0.05) is 12.1 Å². The van der Waals surface area contributed by atoms with Crippen molar-refractivity contribution in [3.8, 4) is 0 Å². The Hall–Kier alpha value is -0.570. The van der Waals surface area contributed by atoms with Crippen LogP contribution in [0.1, 0.15) is 47.0 Å². The highest BCUT2D eigenvalue weighted by Crippen LogP contribution is 2.26. The minimum atomic E-state index is -0.203. The van der Waals surface area contributed by atoms with E-state index in [1.54, 1.807) is 0 Å². The standard InChI is InChI=1S/C12H24N2O/c1-5-12(4,6-2)14-10(15)11(3)7-8-13-9-11/h13H,5-9H2,1-4H3,(H,14,15). The molecular weight excluding hydrogens is 188 g/mol. The molecular formula is C12H24N2O. The molecule has 15 heavy (non-hydrogen) atoms. The summed E-state index contributed by atoms with van der Waals surface area (Å²) in [6.07, 6.45) is 2.92. The monoisotopic (exact) mass is 212 g/mol. The highest BCUT2D eigenvalue weighted by Gasteiger charge is 2.38. The lowest BCUT2D eigenvalue weighted by atomic mass is 9.86. The van der Waals surface area contributed by atoms with E-state index >= 15 is 0 Å². The fraction of sp³-hybridized carbons (Fsp3) is 0.917. The maximum atomic E-state index is 12.1. The summed E-state index contributed by atoms with van der Waals surface area (Å²) in [5.41, 5.74) is -0.242. The third-order valence-corrected chi connectivity index (χ3v) is 3.89. The Kier molecular flexibility index (Phi) is 3.77. The van der Waals surface area contributed by atoms with Crippen LogP contribution < -0.4 is 10.6 Å². The van der Waals surface area contributed by atoms with Crippen molar-refractivity contribution in [3.05, 3.63) is 0 Å². The zero-order valence-corrected chi connectivity index (χ0v) is 10.4. The predicted octanol–water partition coefficient (Wildman–Crippen LogP) is 1.68. The van der Waals surface area contributed by atoms with Crippen LogP contribution in [0.5, 0.6) is 0 Å². The Labute approximate surface area is 93.0 Å². The van der Waals surface area contributed by atoms with Crippen molar-refractivity contribution < 1.29 is 4.79 Å². The van der Waals surface area contributed by atoms with Crippen LogP contribution in [0, 0.1) is 5.41 Å². The van der Waals surface area contributed by atoms with E-state index in [0.29, 0.717) is 0 Å². The predicted molar refractivity (Wildman–Crippen MR) is 62.7 cm³/mol. The number of amides is 1. The molecule has 1 rings (SSSR count). The molecule has 0 aromatic carbocycles. The van der Waals surface area contributed by atoms with Gasteiger partial charge in [0.15, 0.2) is 0 Å². The molecule has 1 unspecified atom stereocenters. The summed E-state index contributed by atoms with van der Waals surface area (Å²) < 4.78 is 0. The van der Waals surface area contributed by atoms with Gasteiger partial charge in [0.25, 0.3) is 0 Å². The molecule has 3 nitrogen and oxygen atoms in total.